The van der Waals surface area contributed by atoms with E-state index in [4.69, 9.17) is 9.42 Å². The van der Waals surface area contributed by atoms with Gasteiger partial charge in [0.15, 0.2) is 0 Å². The fourth-order valence-corrected chi connectivity index (χ4v) is 2.59. The van der Waals surface area contributed by atoms with E-state index in [0.29, 0.717) is 5.75 Å². The van der Waals surface area contributed by atoms with Crippen LogP contribution in [0.25, 0.3) is 10.4 Å². The summed E-state index contributed by atoms with van der Waals surface area (Å²) < 4.78 is 15.2. The van der Waals surface area contributed by atoms with Crippen LogP contribution in [0.2, 0.25) is 0 Å². The monoisotopic (exact) mass is 254 g/mol. The smallest absolute Gasteiger partial charge is 0.365 e. The molecule has 84 valence electrons. The number of rotatable bonds is 3. The van der Waals surface area contributed by atoms with Crippen LogP contribution >= 0.6 is 19.6 Å². The zero-order chi connectivity index (χ0) is 11.5. The van der Waals surface area contributed by atoms with E-state index in [1.807, 2.05) is 12.1 Å². The lowest BCUT2D eigenvalue weighted by molar-refractivity contribution is 0.410. The zero-order valence-electron chi connectivity index (χ0n) is 8.64. The molecule has 16 heavy (non-hydrogen) atoms. The Morgan fingerprint density at radius 1 is 1.19 bits per heavy atom. The van der Waals surface area contributed by atoms with Gasteiger partial charge in [-0.15, -0.1) is 11.3 Å². The molecule has 0 aliphatic heterocycles. The van der Waals surface area contributed by atoms with Gasteiger partial charge in [0.2, 0.25) is 0 Å². The Balaban J connectivity index is 2.22. The molecule has 1 N–H and O–H groups in total. The molecule has 1 aromatic heterocycles. The van der Waals surface area contributed by atoms with Crippen molar-refractivity contribution in [1.29, 1.82) is 0 Å². The van der Waals surface area contributed by atoms with Crippen LogP contribution in [0.15, 0.2) is 36.4 Å². The lowest BCUT2D eigenvalue weighted by atomic mass is 10.2. The van der Waals surface area contributed by atoms with Crippen LogP contribution in [0, 0.1) is 6.92 Å². The predicted molar refractivity (Wildman–Crippen MR) is 66.3 cm³/mol. The molecule has 1 unspecified atom stereocenters. The average Bonchev–Trinajstić information content (AvgIpc) is 2.65. The molecule has 2 aromatic rings. The minimum atomic E-state index is -2.91. The molecule has 2 rings (SSSR count). The van der Waals surface area contributed by atoms with Crippen LogP contribution in [0.3, 0.4) is 0 Å². The van der Waals surface area contributed by atoms with Gasteiger partial charge < -0.3 is 9.42 Å². The van der Waals surface area contributed by atoms with Crippen molar-refractivity contribution in [3.8, 4) is 16.2 Å². The summed E-state index contributed by atoms with van der Waals surface area (Å²) >= 11 is 1.72. The number of benzene rings is 1. The summed E-state index contributed by atoms with van der Waals surface area (Å²) in [6.07, 6.45) is 0. The molecule has 3 nitrogen and oxygen atoms in total. The third kappa shape index (κ3) is 2.73. The second kappa shape index (κ2) is 4.83. The molecular weight excluding hydrogens is 243 g/mol. The van der Waals surface area contributed by atoms with E-state index in [9.17, 15) is 4.57 Å². The molecule has 0 bridgehead atoms. The summed E-state index contributed by atoms with van der Waals surface area (Å²) in [6.45, 7) is 2.06. The summed E-state index contributed by atoms with van der Waals surface area (Å²) in [5, 5.41) is 0. The number of aryl methyl sites for hydroxylation is 1. The van der Waals surface area contributed by atoms with Crippen LogP contribution in [0.4, 0.5) is 0 Å². The SMILES string of the molecule is Cc1ccc(-c2ccc(O[PH](=O)O)cc2)s1. The van der Waals surface area contributed by atoms with Crippen molar-refractivity contribution in [2.45, 2.75) is 6.92 Å². The minimum Gasteiger partial charge on any atom is -0.426 e. The van der Waals surface area contributed by atoms with Crippen molar-refractivity contribution < 1.29 is 14.0 Å². The minimum absolute atomic E-state index is 0.420. The van der Waals surface area contributed by atoms with Gasteiger partial charge in [0, 0.05) is 9.75 Å². The summed E-state index contributed by atoms with van der Waals surface area (Å²) in [6, 6.07) is 11.3. The van der Waals surface area contributed by atoms with Gasteiger partial charge in [-0.05, 0) is 48.9 Å². The first-order valence-electron chi connectivity index (χ1n) is 4.73. The molecular formula is C11H11O3PS. The Hall–Kier alpha value is -1.09. The van der Waals surface area contributed by atoms with Crippen LogP contribution in [-0.4, -0.2) is 4.89 Å². The largest absolute Gasteiger partial charge is 0.426 e. The van der Waals surface area contributed by atoms with Gasteiger partial charge in [-0.1, -0.05) is 0 Å². The van der Waals surface area contributed by atoms with Crippen LogP contribution < -0.4 is 4.52 Å². The lowest BCUT2D eigenvalue weighted by Gasteiger charge is -2.02. The maximum absolute atomic E-state index is 10.5. The average molecular weight is 254 g/mol. The van der Waals surface area contributed by atoms with Crippen LogP contribution in [0.1, 0.15) is 4.88 Å². The topological polar surface area (TPSA) is 46.5 Å². The van der Waals surface area contributed by atoms with Crippen molar-refractivity contribution in [3.63, 3.8) is 0 Å². The summed E-state index contributed by atoms with van der Waals surface area (Å²) in [7, 11) is -2.91. The van der Waals surface area contributed by atoms with Crippen molar-refractivity contribution in [2.75, 3.05) is 0 Å². The van der Waals surface area contributed by atoms with Gasteiger partial charge in [-0.2, -0.15) is 0 Å². The van der Waals surface area contributed by atoms with E-state index in [-0.39, 0.29) is 0 Å². The fourth-order valence-electron chi connectivity index (χ4n) is 1.38. The lowest BCUT2D eigenvalue weighted by Crippen LogP contribution is -1.79. The van der Waals surface area contributed by atoms with E-state index < -0.39 is 8.25 Å². The molecule has 0 saturated carbocycles. The van der Waals surface area contributed by atoms with Gasteiger partial charge in [0.05, 0.1) is 0 Å². The van der Waals surface area contributed by atoms with Gasteiger partial charge in [-0.3, -0.25) is 0 Å². The summed E-state index contributed by atoms with van der Waals surface area (Å²) in [5.74, 6) is 0.420. The highest BCUT2D eigenvalue weighted by atomic mass is 32.1. The molecule has 0 aliphatic rings. The van der Waals surface area contributed by atoms with Gasteiger partial charge in [0.1, 0.15) is 5.75 Å². The van der Waals surface area contributed by atoms with Crippen molar-refractivity contribution in [1.82, 2.24) is 0 Å². The van der Waals surface area contributed by atoms with E-state index >= 15 is 0 Å². The van der Waals surface area contributed by atoms with E-state index in [2.05, 4.69) is 19.1 Å². The Morgan fingerprint density at radius 2 is 1.88 bits per heavy atom. The highest BCUT2D eigenvalue weighted by Gasteiger charge is 2.02. The highest BCUT2D eigenvalue weighted by molar-refractivity contribution is 7.32. The molecule has 1 atom stereocenters. The van der Waals surface area contributed by atoms with E-state index in [0.717, 1.165) is 5.56 Å². The predicted octanol–water partition coefficient (Wildman–Crippen LogP) is 3.48. The molecule has 5 heteroatoms. The summed E-state index contributed by atoms with van der Waals surface area (Å²) in [4.78, 5) is 11.1. The first kappa shape index (κ1) is 11.4. The van der Waals surface area contributed by atoms with E-state index in [1.54, 1.807) is 23.5 Å². The number of hydrogen-bond acceptors (Lipinski definition) is 3. The Labute approximate surface area is 98.3 Å². The Morgan fingerprint density at radius 3 is 2.38 bits per heavy atom. The number of hydrogen-bond donors (Lipinski definition) is 1. The van der Waals surface area contributed by atoms with Crippen LogP contribution in [-0.2, 0) is 4.57 Å². The van der Waals surface area contributed by atoms with Crippen molar-refractivity contribution >= 4 is 19.6 Å². The van der Waals surface area contributed by atoms with Gasteiger partial charge in [-0.25, -0.2) is 4.57 Å². The molecule has 1 aromatic carbocycles. The second-order valence-corrected chi connectivity index (χ2v) is 5.33. The molecule has 0 aliphatic carbocycles. The fraction of sp³-hybridized carbons (Fsp3) is 0.0909. The third-order valence-electron chi connectivity index (χ3n) is 2.08. The molecule has 0 amide bonds. The standard InChI is InChI=1S/C11H11O3PS/c1-8-2-7-11(16-8)9-3-5-10(6-4-9)14-15(12)13/h2-7,15H,1H3,(H,12,13). The van der Waals surface area contributed by atoms with Crippen LogP contribution in [0.5, 0.6) is 5.75 Å². The maximum atomic E-state index is 10.5. The first-order valence-corrected chi connectivity index (χ1v) is 6.81. The van der Waals surface area contributed by atoms with Gasteiger partial charge in [0.25, 0.3) is 0 Å². The van der Waals surface area contributed by atoms with Gasteiger partial charge >= 0.3 is 8.25 Å². The first-order chi connectivity index (χ1) is 7.65. The maximum Gasteiger partial charge on any atom is 0.365 e. The zero-order valence-corrected chi connectivity index (χ0v) is 10.5. The molecule has 0 radical (unpaired) electrons. The quantitative estimate of drug-likeness (QED) is 0.853. The Bertz CT molecular complexity index is 504. The molecule has 0 spiro atoms. The highest BCUT2D eigenvalue weighted by Crippen LogP contribution is 2.30. The summed E-state index contributed by atoms with van der Waals surface area (Å²) in [5.41, 5.74) is 1.09. The normalized spacial score (nSPS) is 12.4. The van der Waals surface area contributed by atoms with Crippen molar-refractivity contribution in [3.05, 3.63) is 41.3 Å². The molecule has 0 fully saturated rings. The van der Waals surface area contributed by atoms with E-state index in [1.165, 1.54) is 9.75 Å². The second-order valence-electron chi connectivity index (χ2n) is 3.30. The molecule has 0 saturated heterocycles. The Kier molecular flexibility index (Phi) is 3.44. The molecule has 1 heterocycles. The number of thiophene rings is 1. The van der Waals surface area contributed by atoms with Crippen molar-refractivity contribution in [2.24, 2.45) is 0 Å². The third-order valence-corrected chi connectivity index (χ3v) is 3.54.